The van der Waals surface area contributed by atoms with Crippen molar-refractivity contribution in [3.8, 4) is 0 Å². The highest BCUT2D eigenvalue weighted by molar-refractivity contribution is 5.91. The summed E-state index contributed by atoms with van der Waals surface area (Å²) in [6.07, 6.45) is 3.03. The third-order valence-corrected chi connectivity index (χ3v) is 2.62. The molecule has 0 aliphatic carbocycles. The van der Waals surface area contributed by atoms with Crippen molar-refractivity contribution in [2.24, 2.45) is 11.7 Å². The Labute approximate surface area is 96.5 Å². The van der Waals surface area contributed by atoms with Gasteiger partial charge in [-0.2, -0.15) is 0 Å². The summed E-state index contributed by atoms with van der Waals surface area (Å²) in [7, 11) is 1.75. The molecule has 1 rings (SSSR count). The molecular weight excluding hydrogens is 202 g/mol. The second-order valence-electron chi connectivity index (χ2n) is 4.02. The van der Waals surface area contributed by atoms with Gasteiger partial charge in [-0.05, 0) is 31.0 Å². The number of anilines is 1. The van der Waals surface area contributed by atoms with Gasteiger partial charge in [0.25, 0.3) is 0 Å². The van der Waals surface area contributed by atoms with Gasteiger partial charge in [0.1, 0.15) is 5.82 Å². The second-order valence-corrected chi connectivity index (χ2v) is 4.02. The Bertz CT molecular complexity index is 326. The molecule has 4 nitrogen and oxygen atoms in total. The van der Waals surface area contributed by atoms with E-state index in [0.717, 1.165) is 6.42 Å². The average Bonchev–Trinajstić information content (AvgIpc) is 2.35. The quantitative estimate of drug-likeness (QED) is 0.818. The lowest BCUT2D eigenvalue weighted by atomic mass is 10.1. The van der Waals surface area contributed by atoms with Crippen molar-refractivity contribution in [2.75, 3.05) is 18.5 Å². The van der Waals surface area contributed by atoms with Crippen molar-refractivity contribution in [1.82, 2.24) is 4.98 Å². The van der Waals surface area contributed by atoms with E-state index in [2.05, 4.69) is 4.98 Å². The van der Waals surface area contributed by atoms with E-state index in [-0.39, 0.29) is 5.91 Å². The van der Waals surface area contributed by atoms with E-state index in [1.807, 2.05) is 25.1 Å². The number of nitrogens with two attached hydrogens (primary N) is 1. The average molecular weight is 221 g/mol. The smallest absolute Gasteiger partial charge is 0.227 e. The van der Waals surface area contributed by atoms with Crippen LogP contribution in [0, 0.1) is 5.92 Å². The lowest BCUT2D eigenvalue weighted by Crippen LogP contribution is -2.27. The fourth-order valence-corrected chi connectivity index (χ4v) is 1.34. The lowest BCUT2D eigenvalue weighted by Gasteiger charge is -2.16. The largest absolute Gasteiger partial charge is 0.330 e. The summed E-state index contributed by atoms with van der Waals surface area (Å²) in [5.74, 6) is 1.16. The molecule has 0 saturated carbocycles. The van der Waals surface area contributed by atoms with Crippen LogP contribution in [0.25, 0.3) is 0 Å². The third kappa shape index (κ3) is 3.62. The maximum Gasteiger partial charge on any atom is 0.227 e. The van der Waals surface area contributed by atoms with Crippen molar-refractivity contribution in [3.05, 3.63) is 24.4 Å². The van der Waals surface area contributed by atoms with E-state index >= 15 is 0 Å². The zero-order valence-corrected chi connectivity index (χ0v) is 9.89. The molecule has 1 aromatic heterocycles. The van der Waals surface area contributed by atoms with Crippen LogP contribution in [0.3, 0.4) is 0 Å². The summed E-state index contributed by atoms with van der Waals surface area (Å²) >= 11 is 0. The van der Waals surface area contributed by atoms with Crippen molar-refractivity contribution < 1.29 is 4.79 Å². The molecule has 0 spiro atoms. The monoisotopic (exact) mass is 221 g/mol. The second kappa shape index (κ2) is 6.23. The number of carbonyl (C=O) groups excluding carboxylic acids is 1. The van der Waals surface area contributed by atoms with Crippen LogP contribution in [-0.2, 0) is 4.79 Å². The van der Waals surface area contributed by atoms with E-state index in [1.165, 1.54) is 0 Å². The van der Waals surface area contributed by atoms with Crippen molar-refractivity contribution >= 4 is 11.7 Å². The van der Waals surface area contributed by atoms with Crippen LogP contribution in [0.15, 0.2) is 24.4 Å². The summed E-state index contributed by atoms with van der Waals surface area (Å²) in [5, 5.41) is 0. The summed E-state index contributed by atoms with van der Waals surface area (Å²) in [6.45, 7) is 2.68. The van der Waals surface area contributed by atoms with E-state index in [9.17, 15) is 4.79 Å². The molecule has 0 bridgehead atoms. The van der Waals surface area contributed by atoms with Crippen LogP contribution in [0.4, 0.5) is 5.82 Å². The molecule has 0 aromatic carbocycles. The van der Waals surface area contributed by atoms with Gasteiger partial charge in [0.15, 0.2) is 0 Å². The van der Waals surface area contributed by atoms with Gasteiger partial charge in [0.05, 0.1) is 0 Å². The molecule has 1 aromatic rings. The first-order chi connectivity index (χ1) is 7.65. The molecule has 0 radical (unpaired) electrons. The van der Waals surface area contributed by atoms with Crippen LogP contribution in [0.2, 0.25) is 0 Å². The van der Waals surface area contributed by atoms with Gasteiger partial charge < -0.3 is 5.73 Å². The predicted molar refractivity (Wildman–Crippen MR) is 65.1 cm³/mol. The van der Waals surface area contributed by atoms with Crippen LogP contribution < -0.4 is 10.6 Å². The molecule has 4 heteroatoms. The van der Waals surface area contributed by atoms with Crippen molar-refractivity contribution in [2.45, 2.75) is 19.8 Å². The van der Waals surface area contributed by atoms with E-state index in [4.69, 9.17) is 5.73 Å². The number of rotatable bonds is 5. The normalized spacial score (nSPS) is 12.2. The number of pyridine rings is 1. The summed E-state index contributed by atoms with van der Waals surface area (Å²) < 4.78 is 0. The lowest BCUT2D eigenvalue weighted by molar-refractivity contribution is -0.118. The Hall–Kier alpha value is -1.42. The minimum absolute atomic E-state index is 0.0824. The Morgan fingerprint density at radius 3 is 2.88 bits per heavy atom. The minimum atomic E-state index is 0.0824. The zero-order chi connectivity index (χ0) is 12.0. The molecule has 2 N–H and O–H groups in total. The Kier molecular flexibility index (Phi) is 4.92. The van der Waals surface area contributed by atoms with Crippen molar-refractivity contribution in [3.63, 3.8) is 0 Å². The highest BCUT2D eigenvalue weighted by Crippen LogP contribution is 2.11. The molecule has 88 valence electrons. The standard InChI is InChI=1S/C12H19N3O/c1-10(9-13)6-7-12(16)15(2)11-5-3-4-8-14-11/h3-5,8,10H,6-7,9,13H2,1-2H3. The number of carbonyl (C=O) groups is 1. The first-order valence-corrected chi connectivity index (χ1v) is 5.52. The highest BCUT2D eigenvalue weighted by atomic mass is 16.2. The van der Waals surface area contributed by atoms with E-state index in [0.29, 0.717) is 24.7 Å². The van der Waals surface area contributed by atoms with Gasteiger partial charge >= 0.3 is 0 Å². The SMILES string of the molecule is CC(CN)CCC(=O)N(C)c1ccccn1. The Morgan fingerprint density at radius 2 is 2.31 bits per heavy atom. The summed E-state index contributed by atoms with van der Waals surface area (Å²) in [6, 6.07) is 5.52. The van der Waals surface area contributed by atoms with Gasteiger partial charge in [-0.1, -0.05) is 13.0 Å². The van der Waals surface area contributed by atoms with Gasteiger partial charge in [-0.15, -0.1) is 0 Å². The van der Waals surface area contributed by atoms with Gasteiger partial charge in [0, 0.05) is 19.7 Å². The number of hydrogen-bond acceptors (Lipinski definition) is 3. The molecule has 0 saturated heterocycles. The topological polar surface area (TPSA) is 59.2 Å². The maximum atomic E-state index is 11.8. The Balaban J connectivity index is 2.49. The summed E-state index contributed by atoms with van der Waals surface area (Å²) in [4.78, 5) is 17.5. The number of aromatic nitrogens is 1. The predicted octanol–water partition coefficient (Wildman–Crippen LogP) is 1.42. The van der Waals surface area contributed by atoms with Gasteiger partial charge in [0.2, 0.25) is 5.91 Å². The molecule has 0 aliphatic rings. The highest BCUT2D eigenvalue weighted by Gasteiger charge is 2.12. The number of amides is 1. The molecule has 1 heterocycles. The Morgan fingerprint density at radius 1 is 1.56 bits per heavy atom. The summed E-state index contributed by atoms with van der Waals surface area (Å²) in [5.41, 5.74) is 5.51. The number of hydrogen-bond donors (Lipinski definition) is 1. The minimum Gasteiger partial charge on any atom is -0.330 e. The van der Waals surface area contributed by atoms with E-state index in [1.54, 1.807) is 18.1 Å². The first-order valence-electron chi connectivity index (χ1n) is 5.52. The van der Waals surface area contributed by atoms with Crippen LogP contribution >= 0.6 is 0 Å². The molecule has 16 heavy (non-hydrogen) atoms. The molecule has 1 unspecified atom stereocenters. The molecule has 0 aliphatic heterocycles. The van der Waals surface area contributed by atoms with Gasteiger partial charge in [-0.3, -0.25) is 9.69 Å². The molecular formula is C12H19N3O. The molecule has 0 fully saturated rings. The molecule has 1 atom stereocenters. The fraction of sp³-hybridized carbons (Fsp3) is 0.500. The van der Waals surface area contributed by atoms with E-state index < -0.39 is 0 Å². The zero-order valence-electron chi connectivity index (χ0n) is 9.89. The van der Waals surface area contributed by atoms with Gasteiger partial charge in [-0.25, -0.2) is 4.98 Å². The molecule has 1 amide bonds. The van der Waals surface area contributed by atoms with Crippen LogP contribution in [0.1, 0.15) is 19.8 Å². The van der Waals surface area contributed by atoms with Crippen LogP contribution in [-0.4, -0.2) is 24.5 Å². The maximum absolute atomic E-state index is 11.8. The third-order valence-electron chi connectivity index (χ3n) is 2.62. The van der Waals surface area contributed by atoms with Crippen LogP contribution in [0.5, 0.6) is 0 Å². The van der Waals surface area contributed by atoms with Crippen molar-refractivity contribution in [1.29, 1.82) is 0 Å². The number of nitrogens with zero attached hydrogens (tertiary/aromatic N) is 2. The first kappa shape index (κ1) is 12.6. The fourth-order valence-electron chi connectivity index (χ4n) is 1.34.